The molecule has 4 nitrogen and oxygen atoms in total. The first kappa shape index (κ1) is 24.7. The van der Waals surface area contributed by atoms with E-state index in [1.807, 2.05) is 6.92 Å². The molecule has 1 amide bonds. The zero-order chi connectivity index (χ0) is 17.7. The third-order valence-corrected chi connectivity index (χ3v) is 4.32. The number of nitrogens with zero attached hydrogens (tertiary/aromatic N) is 1. The van der Waals surface area contributed by atoms with Crippen molar-refractivity contribution in [2.45, 2.75) is 19.5 Å². The third-order valence-electron chi connectivity index (χ3n) is 3.38. The van der Waals surface area contributed by atoms with E-state index in [4.69, 9.17) is 5.73 Å². The molecule has 0 fully saturated rings. The number of nitrogens with two attached hydrogens (primary N) is 1. The summed E-state index contributed by atoms with van der Waals surface area (Å²) in [5.41, 5.74) is 5.68. The quantitative estimate of drug-likeness (QED) is 0.730. The number of carbonyl (C=O) groups excluding carboxylic acids is 1. The molecule has 10 heteroatoms. The van der Waals surface area contributed by atoms with E-state index in [0.29, 0.717) is 29.4 Å². The molecule has 2 aromatic rings. The molecule has 1 unspecified atom stereocenters. The second-order valence-electron chi connectivity index (χ2n) is 5.54. The van der Waals surface area contributed by atoms with Gasteiger partial charge in [0, 0.05) is 17.5 Å². The summed E-state index contributed by atoms with van der Waals surface area (Å²) < 4.78 is 38.3. The number of carbonyl (C=O) groups is 1. The van der Waals surface area contributed by atoms with E-state index < -0.39 is 11.7 Å². The van der Waals surface area contributed by atoms with Crippen LogP contribution in [0.5, 0.6) is 0 Å². The van der Waals surface area contributed by atoms with E-state index in [9.17, 15) is 18.0 Å². The maximum absolute atomic E-state index is 12.8. The third kappa shape index (κ3) is 7.11. The average molecular weight is 430 g/mol. The second kappa shape index (κ2) is 10.7. The fourth-order valence-corrected chi connectivity index (χ4v) is 2.76. The second-order valence-corrected chi connectivity index (χ2v) is 6.40. The minimum absolute atomic E-state index is 0. The Labute approximate surface area is 166 Å². The van der Waals surface area contributed by atoms with Gasteiger partial charge in [0.2, 0.25) is 5.91 Å². The highest BCUT2D eigenvalue weighted by atomic mass is 35.5. The molecule has 3 N–H and O–H groups in total. The van der Waals surface area contributed by atoms with Gasteiger partial charge in [-0.1, -0.05) is 19.1 Å². The molecule has 0 saturated carbocycles. The van der Waals surface area contributed by atoms with E-state index in [1.165, 1.54) is 17.4 Å². The summed E-state index contributed by atoms with van der Waals surface area (Å²) in [6, 6.07) is 5.00. The maximum Gasteiger partial charge on any atom is 0.416 e. The van der Waals surface area contributed by atoms with Crippen molar-refractivity contribution in [3.8, 4) is 10.6 Å². The van der Waals surface area contributed by atoms with Gasteiger partial charge in [0.05, 0.1) is 17.7 Å². The number of aromatic nitrogens is 1. The Morgan fingerprint density at radius 2 is 2.04 bits per heavy atom. The monoisotopic (exact) mass is 429 g/mol. The molecule has 0 spiro atoms. The van der Waals surface area contributed by atoms with Crippen molar-refractivity contribution in [3.05, 3.63) is 40.9 Å². The van der Waals surface area contributed by atoms with Crippen LogP contribution in [0.1, 0.15) is 18.2 Å². The summed E-state index contributed by atoms with van der Waals surface area (Å²) in [6.45, 7) is 2.89. The molecular weight excluding hydrogens is 410 g/mol. The smallest absolute Gasteiger partial charge is 0.355 e. The standard InChI is InChI=1S/C16H18F3N3OS.2ClH/c1-10(7-20)8-21-14(23)6-13-9-24-15(22-13)11-3-2-4-12(5-11)16(17,18)19;;/h2-5,9-10H,6-8,20H2,1H3,(H,21,23);2*1H. The van der Waals surface area contributed by atoms with Gasteiger partial charge in [-0.3, -0.25) is 4.79 Å². The number of amides is 1. The van der Waals surface area contributed by atoms with E-state index >= 15 is 0 Å². The Kier molecular flexibility index (Phi) is 10.2. The van der Waals surface area contributed by atoms with E-state index in [-0.39, 0.29) is 43.1 Å². The average Bonchev–Trinajstić information content (AvgIpc) is 3.00. The molecule has 2 rings (SSSR count). The van der Waals surface area contributed by atoms with E-state index in [0.717, 1.165) is 12.1 Å². The number of hydrogen-bond donors (Lipinski definition) is 2. The van der Waals surface area contributed by atoms with Gasteiger partial charge in [-0.2, -0.15) is 13.2 Å². The van der Waals surface area contributed by atoms with Crippen molar-refractivity contribution < 1.29 is 18.0 Å². The molecule has 0 bridgehead atoms. The Balaban J connectivity index is 0.00000312. The van der Waals surface area contributed by atoms with Gasteiger partial charge in [-0.25, -0.2) is 4.98 Å². The number of alkyl halides is 3. The first-order valence-electron chi connectivity index (χ1n) is 7.38. The molecule has 0 aliphatic heterocycles. The lowest BCUT2D eigenvalue weighted by atomic mass is 10.1. The molecular formula is C16H20Cl2F3N3OS. The lowest BCUT2D eigenvalue weighted by Gasteiger charge is -2.09. The Bertz CT molecular complexity index is 710. The van der Waals surface area contributed by atoms with Crippen LogP contribution in [0.25, 0.3) is 10.6 Å². The molecule has 146 valence electrons. The zero-order valence-corrected chi connectivity index (χ0v) is 16.3. The van der Waals surface area contributed by atoms with Crippen LogP contribution in [0.3, 0.4) is 0 Å². The highest BCUT2D eigenvalue weighted by Gasteiger charge is 2.30. The van der Waals surface area contributed by atoms with Crippen LogP contribution in [0, 0.1) is 5.92 Å². The summed E-state index contributed by atoms with van der Waals surface area (Å²) >= 11 is 1.21. The van der Waals surface area contributed by atoms with E-state index in [1.54, 1.807) is 11.4 Å². The van der Waals surface area contributed by atoms with Gasteiger partial charge in [-0.05, 0) is 24.6 Å². The number of halogens is 5. The maximum atomic E-state index is 12.8. The van der Waals surface area contributed by atoms with Crippen LogP contribution in [0.4, 0.5) is 13.2 Å². The van der Waals surface area contributed by atoms with E-state index in [2.05, 4.69) is 10.3 Å². The molecule has 1 heterocycles. The lowest BCUT2D eigenvalue weighted by Crippen LogP contribution is -2.32. The van der Waals surface area contributed by atoms with Crippen LogP contribution in [-0.2, 0) is 17.4 Å². The highest BCUT2D eigenvalue weighted by Crippen LogP contribution is 2.33. The molecule has 0 aliphatic carbocycles. The number of thiazole rings is 1. The number of hydrogen-bond acceptors (Lipinski definition) is 4. The predicted molar refractivity (Wildman–Crippen MR) is 102 cm³/mol. The molecule has 1 atom stereocenters. The Morgan fingerprint density at radius 1 is 1.35 bits per heavy atom. The van der Waals surface area contributed by atoms with Crippen molar-refractivity contribution in [1.29, 1.82) is 0 Å². The van der Waals surface area contributed by atoms with Gasteiger partial charge in [0.15, 0.2) is 0 Å². The first-order chi connectivity index (χ1) is 11.3. The topological polar surface area (TPSA) is 68.0 Å². The number of nitrogens with one attached hydrogen (secondary N) is 1. The first-order valence-corrected chi connectivity index (χ1v) is 8.26. The summed E-state index contributed by atoms with van der Waals surface area (Å²) in [4.78, 5) is 16.1. The normalized spacial score (nSPS) is 11.9. The summed E-state index contributed by atoms with van der Waals surface area (Å²) in [7, 11) is 0. The van der Waals surface area contributed by atoms with Crippen molar-refractivity contribution in [2.24, 2.45) is 11.7 Å². The van der Waals surface area contributed by atoms with Gasteiger partial charge in [0.1, 0.15) is 5.01 Å². The van der Waals surface area contributed by atoms with Gasteiger partial charge < -0.3 is 11.1 Å². The number of benzene rings is 1. The van der Waals surface area contributed by atoms with Crippen LogP contribution in [0.2, 0.25) is 0 Å². The van der Waals surface area contributed by atoms with Gasteiger partial charge >= 0.3 is 6.18 Å². The molecule has 0 aliphatic rings. The summed E-state index contributed by atoms with van der Waals surface area (Å²) in [6.07, 6.45) is -4.30. The number of rotatable bonds is 6. The molecule has 1 aromatic heterocycles. The minimum Gasteiger partial charge on any atom is -0.355 e. The molecule has 1 aromatic carbocycles. The van der Waals surface area contributed by atoms with Crippen LogP contribution < -0.4 is 11.1 Å². The molecule has 26 heavy (non-hydrogen) atoms. The lowest BCUT2D eigenvalue weighted by molar-refractivity contribution is -0.137. The molecule has 0 radical (unpaired) electrons. The van der Waals surface area contributed by atoms with Gasteiger partial charge in [-0.15, -0.1) is 36.2 Å². The fourth-order valence-electron chi connectivity index (χ4n) is 1.95. The summed E-state index contributed by atoms with van der Waals surface area (Å²) in [5, 5.41) is 4.90. The zero-order valence-electron chi connectivity index (χ0n) is 13.9. The minimum atomic E-state index is -4.39. The van der Waals surface area contributed by atoms with Crippen LogP contribution in [0.15, 0.2) is 29.6 Å². The molecule has 0 saturated heterocycles. The van der Waals surface area contributed by atoms with Crippen molar-refractivity contribution >= 4 is 42.1 Å². The van der Waals surface area contributed by atoms with Crippen molar-refractivity contribution in [1.82, 2.24) is 10.3 Å². The Hall–Kier alpha value is -1.35. The highest BCUT2D eigenvalue weighted by molar-refractivity contribution is 7.13. The summed E-state index contributed by atoms with van der Waals surface area (Å²) in [5.74, 6) is 0.00115. The largest absolute Gasteiger partial charge is 0.416 e. The Morgan fingerprint density at radius 3 is 2.65 bits per heavy atom. The van der Waals surface area contributed by atoms with Gasteiger partial charge in [0.25, 0.3) is 0 Å². The SMILES string of the molecule is CC(CN)CNC(=O)Cc1csc(-c2cccc(C(F)(F)F)c2)n1.Cl.Cl. The van der Waals surface area contributed by atoms with Crippen LogP contribution >= 0.6 is 36.2 Å². The van der Waals surface area contributed by atoms with Crippen LogP contribution in [-0.4, -0.2) is 24.0 Å². The fraction of sp³-hybridized carbons (Fsp3) is 0.375. The van der Waals surface area contributed by atoms with Crippen molar-refractivity contribution in [3.63, 3.8) is 0 Å². The predicted octanol–water partition coefficient (Wildman–Crippen LogP) is 3.93. The van der Waals surface area contributed by atoms with Crippen molar-refractivity contribution in [2.75, 3.05) is 13.1 Å².